The number of aliphatic hydroxyl groups is 1. The summed E-state index contributed by atoms with van der Waals surface area (Å²) in [6.07, 6.45) is -0.556. The summed E-state index contributed by atoms with van der Waals surface area (Å²) in [5, 5.41) is 10.3. The SMILES string of the molecule is NNCC(O)C(c1ccccc1)c1ccccc1. The molecule has 1 atom stereocenters. The first kappa shape index (κ1) is 12.8. The first-order valence-electron chi connectivity index (χ1n) is 6.04. The molecule has 0 spiro atoms. The van der Waals surface area contributed by atoms with Gasteiger partial charge in [-0.25, -0.2) is 0 Å². The van der Waals surface area contributed by atoms with Gasteiger partial charge in [-0.1, -0.05) is 60.7 Å². The Morgan fingerprint density at radius 3 is 1.72 bits per heavy atom. The van der Waals surface area contributed by atoms with Crippen LogP contribution in [-0.2, 0) is 0 Å². The topological polar surface area (TPSA) is 58.3 Å². The predicted molar refractivity (Wildman–Crippen MR) is 72.9 cm³/mol. The van der Waals surface area contributed by atoms with Gasteiger partial charge in [0.1, 0.15) is 0 Å². The van der Waals surface area contributed by atoms with Gasteiger partial charge in [-0.3, -0.25) is 11.3 Å². The van der Waals surface area contributed by atoms with E-state index in [1.54, 1.807) is 0 Å². The van der Waals surface area contributed by atoms with E-state index in [1.807, 2.05) is 60.7 Å². The van der Waals surface area contributed by atoms with Crippen LogP contribution in [0.1, 0.15) is 17.0 Å². The van der Waals surface area contributed by atoms with Crippen molar-refractivity contribution in [3.05, 3.63) is 71.8 Å². The molecule has 0 aliphatic rings. The zero-order chi connectivity index (χ0) is 12.8. The van der Waals surface area contributed by atoms with Crippen molar-refractivity contribution in [1.29, 1.82) is 0 Å². The Morgan fingerprint density at radius 1 is 0.889 bits per heavy atom. The molecule has 94 valence electrons. The third kappa shape index (κ3) is 2.96. The first-order valence-corrected chi connectivity index (χ1v) is 6.04. The smallest absolute Gasteiger partial charge is 0.0787 e. The van der Waals surface area contributed by atoms with E-state index < -0.39 is 6.10 Å². The summed E-state index contributed by atoms with van der Waals surface area (Å²) in [5.41, 5.74) is 4.72. The molecule has 0 saturated carbocycles. The number of aliphatic hydroxyl groups excluding tert-OH is 1. The van der Waals surface area contributed by atoms with Crippen molar-refractivity contribution < 1.29 is 5.11 Å². The Balaban J connectivity index is 2.35. The molecule has 0 radical (unpaired) electrons. The van der Waals surface area contributed by atoms with Gasteiger partial charge in [0.25, 0.3) is 0 Å². The van der Waals surface area contributed by atoms with Crippen molar-refractivity contribution in [2.75, 3.05) is 6.54 Å². The molecule has 0 heterocycles. The van der Waals surface area contributed by atoms with Crippen molar-refractivity contribution >= 4 is 0 Å². The number of nitrogens with one attached hydrogen (secondary N) is 1. The van der Waals surface area contributed by atoms with Crippen LogP contribution in [0.3, 0.4) is 0 Å². The minimum atomic E-state index is -0.556. The fourth-order valence-electron chi connectivity index (χ4n) is 2.20. The number of hydrogen-bond acceptors (Lipinski definition) is 3. The monoisotopic (exact) mass is 242 g/mol. The molecule has 3 heteroatoms. The molecule has 18 heavy (non-hydrogen) atoms. The number of nitrogens with two attached hydrogens (primary N) is 1. The molecular weight excluding hydrogens is 224 g/mol. The Morgan fingerprint density at radius 2 is 1.33 bits per heavy atom. The average Bonchev–Trinajstić information content (AvgIpc) is 2.42. The average molecular weight is 242 g/mol. The molecular formula is C15H18N2O. The first-order chi connectivity index (χ1) is 8.83. The third-order valence-electron chi connectivity index (χ3n) is 3.03. The van der Waals surface area contributed by atoms with Crippen LogP contribution in [-0.4, -0.2) is 17.8 Å². The summed E-state index contributed by atoms with van der Waals surface area (Å²) in [7, 11) is 0. The number of rotatable bonds is 5. The molecule has 0 fully saturated rings. The minimum Gasteiger partial charge on any atom is -0.391 e. The van der Waals surface area contributed by atoms with Gasteiger partial charge in [0.05, 0.1) is 6.10 Å². The van der Waals surface area contributed by atoms with Crippen LogP contribution in [0.15, 0.2) is 60.7 Å². The molecule has 2 aromatic rings. The largest absolute Gasteiger partial charge is 0.391 e. The molecule has 4 N–H and O–H groups in total. The molecule has 0 aliphatic carbocycles. The Bertz CT molecular complexity index is 419. The summed E-state index contributed by atoms with van der Waals surface area (Å²) >= 11 is 0. The molecule has 3 nitrogen and oxygen atoms in total. The van der Waals surface area contributed by atoms with Crippen molar-refractivity contribution in [2.24, 2.45) is 5.84 Å². The van der Waals surface area contributed by atoms with Gasteiger partial charge in [-0.05, 0) is 11.1 Å². The van der Waals surface area contributed by atoms with Gasteiger partial charge in [0.15, 0.2) is 0 Å². The van der Waals surface area contributed by atoms with Crippen LogP contribution in [0.5, 0.6) is 0 Å². The van der Waals surface area contributed by atoms with E-state index in [4.69, 9.17) is 5.84 Å². The van der Waals surface area contributed by atoms with Gasteiger partial charge in [0, 0.05) is 12.5 Å². The highest BCUT2D eigenvalue weighted by Crippen LogP contribution is 2.27. The fourth-order valence-corrected chi connectivity index (χ4v) is 2.20. The maximum absolute atomic E-state index is 10.3. The Labute approximate surface area is 107 Å². The number of hydrazine groups is 1. The maximum atomic E-state index is 10.3. The zero-order valence-electron chi connectivity index (χ0n) is 10.2. The minimum absolute atomic E-state index is 0.0663. The van der Waals surface area contributed by atoms with Crippen LogP contribution < -0.4 is 11.3 Å². The number of hydrogen-bond donors (Lipinski definition) is 3. The molecule has 2 aromatic carbocycles. The molecule has 2 rings (SSSR count). The second kappa shape index (κ2) is 6.31. The van der Waals surface area contributed by atoms with Crippen LogP contribution >= 0.6 is 0 Å². The van der Waals surface area contributed by atoms with Crippen LogP contribution in [0.25, 0.3) is 0 Å². The van der Waals surface area contributed by atoms with E-state index >= 15 is 0 Å². The molecule has 0 aromatic heterocycles. The van der Waals surface area contributed by atoms with E-state index in [9.17, 15) is 5.11 Å². The molecule has 0 aliphatic heterocycles. The van der Waals surface area contributed by atoms with E-state index in [0.29, 0.717) is 6.54 Å². The van der Waals surface area contributed by atoms with E-state index in [1.165, 1.54) is 0 Å². The standard InChI is InChI=1S/C15H18N2O/c16-17-11-14(18)15(12-7-3-1-4-8-12)13-9-5-2-6-10-13/h1-10,14-15,17-18H,11,16H2. The summed E-state index contributed by atoms with van der Waals surface area (Å²) in [4.78, 5) is 0. The van der Waals surface area contributed by atoms with Crippen LogP contribution in [0, 0.1) is 0 Å². The van der Waals surface area contributed by atoms with Gasteiger partial charge in [-0.2, -0.15) is 0 Å². The van der Waals surface area contributed by atoms with E-state index in [0.717, 1.165) is 11.1 Å². The van der Waals surface area contributed by atoms with Crippen molar-refractivity contribution in [3.63, 3.8) is 0 Å². The summed E-state index contributed by atoms with van der Waals surface area (Å²) in [6.45, 7) is 0.356. The van der Waals surface area contributed by atoms with Gasteiger partial charge < -0.3 is 5.11 Å². The normalized spacial score (nSPS) is 12.6. The Hall–Kier alpha value is -1.68. The van der Waals surface area contributed by atoms with E-state index in [2.05, 4.69) is 5.43 Å². The van der Waals surface area contributed by atoms with Gasteiger partial charge in [-0.15, -0.1) is 0 Å². The maximum Gasteiger partial charge on any atom is 0.0787 e. The van der Waals surface area contributed by atoms with Crippen LogP contribution in [0.2, 0.25) is 0 Å². The van der Waals surface area contributed by atoms with Crippen molar-refractivity contribution in [3.8, 4) is 0 Å². The highest BCUT2D eigenvalue weighted by atomic mass is 16.3. The molecule has 0 bridgehead atoms. The summed E-state index contributed by atoms with van der Waals surface area (Å²) in [5.74, 6) is 5.25. The van der Waals surface area contributed by atoms with Crippen molar-refractivity contribution in [2.45, 2.75) is 12.0 Å². The van der Waals surface area contributed by atoms with Crippen LogP contribution in [0.4, 0.5) is 0 Å². The fraction of sp³-hybridized carbons (Fsp3) is 0.200. The van der Waals surface area contributed by atoms with E-state index in [-0.39, 0.29) is 5.92 Å². The van der Waals surface area contributed by atoms with Gasteiger partial charge >= 0.3 is 0 Å². The lowest BCUT2D eigenvalue weighted by Gasteiger charge is -2.23. The summed E-state index contributed by atoms with van der Waals surface area (Å²) < 4.78 is 0. The van der Waals surface area contributed by atoms with Gasteiger partial charge in [0.2, 0.25) is 0 Å². The summed E-state index contributed by atoms with van der Waals surface area (Å²) in [6, 6.07) is 20.0. The second-order valence-electron chi connectivity index (χ2n) is 4.27. The second-order valence-corrected chi connectivity index (χ2v) is 4.27. The lowest BCUT2D eigenvalue weighted by Crippen LogP contribution is -2.36. The number of benzene rings is 2. The third-order valence-corrected chi connectivity index (χ3v) is 3.03. The highest BCUT2D eigenvalue weighted by molar-refractivity contribution is 5.33. The van der Waals surface area contributed by atoms with Crippen molar-refractivity contribution in [1.82, 2.24) is 5.43 Å². The molecule has 1 unspecified atom stereocenters. The lowest BCUT2D eigenvalue weighted by atomic mass is 9.86. The lowest BCUT2D eigenvalue weighted by molar-refractivity contribution is 0.154. The zero-order valence-corrected chi connectivity index (χ0v) is 10.2. The quantitative estimate of drug-likeness (QED) is 0.552. The Kier molecular flexibility index (Phi) is 4.47. The molecule has 0 saturated heterocycles. The molecule has 0 amide bonds. The highest BCUT2D eigenvalue weighted by Gasteiger charge is 2.22. The predicted octanol–water partition coefficient (Wildman–Crippen LogP) is 1.64.